The molecule has 1 saturated heterocycles. The predicted octanol–water partition coefficient (Wildman–Crippen LogP) is 3.25. The zero-order valence-electron chi connectivity index (χ0n) is 11.7. The maximum absolute atomic E-state index is 5.93. The van der Waals surface area contributed by atoms with Crippen LogP contribution in [-0.2, 0) is 5.41 Å². The van der Waals surface area contributed by atoms with Crippen LogP contribution in [0, 0.1) is 0 Å². The third kappa shape index (κ3) is 2.61. The van der Waals surface area contributed by atoms with Gasteiger partial charge < -0.3 is 10.6 Å². The number of halogens is 1. The number of rotatable bonds is 3. The van der Waals surface area contributed by atoms with Crippen molar-refractivity contribution >= 4 is 15.9 Å². The van der Waals surface area contributed by atoms with E-state index in [1.165, 1.54) is 54.4 Å². The molecule has 3 rings (SSSR count). The summed E-state index contributed by atoms with van der Waals surface area (Å²) in [5.74, 6) is 0.715. The van der Waals surface area contributed by atoms with Crippen molar-refractivity contribution in [2.45, 2.75) is 37.0 Å². The van der Waals surface area contributed by atoms with E-state index in [4.69, 9.17) is 5.73 Å². The van der Waals surface area contributed by atoms with Crippen molar-refractivity contribution in [2.24, 2.45) is 5.73 Å². The van der Waals surface area contributed by atoms with E-state index in [9.17, 15) is 0 Å². The Kier molecular flexibility index (Phi) is 3.71. The van der Waals surface area contributed by atoms with Gasteiger partial charge in [-0.25, -0.2) is 0 Å². The summed E-state index contributed by atoms with van der Waals surface area (Å²) < 4.78 is 1.29. The van der Waals surface area contributed by atoms with E-state index in [1.807, 2.05) is 0 Å². The first-order valence-electron chi connectivity index (χ1n) is 7.33. The van der Waals surface area contributed by atoms with E-state index in [0.717, 1.165) is 6.54 Å². The zero-order valence-corrected chi connectivity index (χ0v) is 13.2. The lowest BCUT2D eigenvalue weighted by Gasteiger charge is -2.30. The van der Waals surface area contributed by atoms with Crippen LogP contribution in [0.1, 0.15) is 42.7 Å². The van der Waals surface area contributed by atoms with Crippen molar-refractivity contribution in [1.29, 1.82) is 0 Å². The molecule has 0 atom stereocenters. The summed E-state index contributed by atoms with van der Waals surface area (Å²) in [5.41, 5.74) is 9.15. The molecule has 2 N–H and O–H groups in total. The quantitative estimate of drug-likeness (QED) is 0.925. The SMILES string of the molecule is CN1CCC(c2ccc(C3(CN)CC3)cc2Br)CC1. The van der Waals surface area contributed by atoms with Gasteiger partial charge in [-0.05, 0) is 68.9 Å². The molecule has 19 heavy (non-hydrogen) atoms. The van der Waals surface area contributed by atoms with Gasteiger partial charge in [0.1, 0.15) is 0 Å². The molecule has 1 aliphatic heterocycles. The minimum Gasteiger partial charge on any atom is -0.330 e. The van der Waals surface area contributed by atoms with Crippen LogP contribution < -0.4 is 5.73 Å². The average Bonchev–Trinajstić information content (AvgIpc) is 3.21. The number of benzene rings is 1. The second-order valence-corrected chi connectivity index (χ2v) is 7.15. The predicted molar refractivity (Wildman–Crippen MR) is 83.6 cm³/mol. The molecule has 0 radical (unpaired) electrons. The van der Waals surface area contributed by atoms with Crippen molar-refractivity contribution < 1.29 is 0 Å². The summed E-state index contributed by atoms with van der Waals surface area (Å²) in [6.07, 6.45) is 5.06. The molecule has 0 bridgehead atoms. The minimum absolute atomic E-state index is 0.299. The maximum Gasteiger partial charge on any atom is 0.0213 e. The molecule has 1 aromatic carbocycles. The van der Waals surface area contributed by atoms with Gasteiger partial charge in [0, 0.05) is 16.4 Å². The summed E-state index contributed by atoms with van der Waals surface area (Å²) in [7, 11) is 2.21. The molecule has 0 unspecified atom stereocenters. The standard InChI is InChI=1S/C16H23BrN2/c1-19-8-4-12(5-9-19)14-3-2-13(10-15(14)17)16(11-18)6-7-16/h2-3,10,12H,4-9,11,18H2,1H3. The molecule has 0 amide bonds. The van der Waals surface area contributed by atoms with Crippen LogP contribution in [-0.4, -0.2) is 31.6 Å². The highest BCUT2D eigenvalue weighted by molar-refractivity contribution is 9.10. The molecule has 3 heteroatoms. The van der Waals surface area contributed by atoms with E-state index in [2.05, 4.69) is 46.1 Å². The fourth-order valence-electron chi connectivity index (χ4n) is 3.27. The van der Waals surface area contributed by atoms with Gasteiger partial charge in [0.25, 0.3) is 0 Å². The van der Waals surface area contributed by atoms with Crippen LogP contribution in [0.2, 0.25) is 0 Å². The van der Waals surface area contributed by atoms with Gasteiger partial charge in [0.15, 0.2) is 0 Å². The highest BCUT2D eigenvalue weighted by Gasteiger charge is 2.43. The number of nitrogens with zero attached hydrogens (tertiary/aromatic N) is 1. The Hall–Kier alpha value is -0.380. The second kappa shape index (κ2) is 5.19. The maximum atomic E-state index is 5.93. The van der Waals surface area contributed by atoms with Crippen LogP contribution in [0.25, 0.3) is 0 Å². The molecule has 1 aliphatic carbocycles. The Morgan fingerprint density at radius 1 is 1.32 bits per heavy atom. The first-order chi connectivity index (χ1) is 9.14. The molecule has 2 aliphatic rings. The van der Waals surface area contributed by atoms with Gasteiger partial charge >= 0.3 is 0 Å². The summed E-state index contributed by atoms with van der Waals surface area (Å²) in [4.78, 5) is 2.42. The van der Waals surface area contributed by atoms with Gasteiger partial charge in [-0.2, -0.15) is 0 Å². The van der Waals surface area contributed by atoms with Gasteiger partial charge in [-0.3, -0.25) is 0 Å². The van der Waals surface area contributed by atoms with Crippen molar-refractivity contribution in [3.05, 3.63) is 33.8 Å². The number of hydrogen-bond acceptors (Lipinski definition) is 2. The molecule has 1 heterocycles. The Bertz CT molecular complexity index is 460. The number of piperidine rings is 1. The van der Waals surface area contributed by atoms with Crippen LogP contribution >= 0.6 is 15.9 Å². The molecule has 1 saturated carbocycles. The smallest absolute Gasteiger partial charge is 0.0213 e. The minimum atomic E-state index is 0.299. The summed E-state index contributed by atoms with van der Waals surface area (Å²) in [6, 6.07) is 6.98. The zero-order chi connectivity index (χ0) is 13.5. The van der Waals surface area contributed by atoms with Gasteiger partial charge in [-0.15, -0.1) is 0 Å². The van der Waals surface area contributed by atoms with E-state index in [1.54, 1.807) is 0 Å². The third-order valence-electron chi connectivity index (χ3n) is 5.02. The van der Waals surface area contributed by atoms with Crippen molar-refractivity contribution in [1.82, 2.24) is 4.90 Å². The lowest BCUT2D eigenvalue weighted by molar-refractivity contribution is 0.255. The van der Waals surface area contributed by atoms with Crippen LogP contribution in [0.15, 0.2) is 22.7 Å². The molecular formula is C16H23BrN2. The molecule has 0 aromatic heterocycles. The third-order valence-corrected chi connectivity index (χ3v) is 5.70. The molecule has 0 spiro atoms. The van der Waals surface area contributed by atoms with E-state index >= 15 is 0 Å². The second-order valence-electron chi connectivity index (χ2n) is 6.30. The Labute approximate surface area is 124 Å². The first kappa shape index (κ1) is 13.6. The van der Waals surface area contributed by atoms with Gasteiger partial charge in [-0.1, -0.05) is 28.1 Å². The molecule has 2 nitrogen and oxygen atoms in total. The fourth-order valence-corrected chi connectivity index (χ4v) is 3.97. The first-order valence-corrected chi connectivity index (χ1v) is 8.12. The number of likely N-dealkylation sites (tertiary alicyclic amines) is 1. The van der Waals surface area contributed by atoms with Gasteiger partial charge in [0.2, 0.25) is 0 Å². The molecular weight excluding hydrogens is 300 g/mol. The van der Waals surface area contributed by atoms with Crippen molar-refractivity contribution in [3.8, 4) is 0 Å². The largest absolute Gasteiger partial charge is 0.330 e. The van der Waals surface area contributed by atoms with E-state index in [0.29, 0.717) is 11.3 Å². The molecule has 2 fully saturated rings. The van der Waals surface area contributed by atoms with Gasteiger partial charge in [0.05, 0.1) is 0 Å². The Morgan fingerprint density at radius 3 is 2.53 bits per heavy atom. The normalized spacial score (nSPS) is 23.5. The summed E-state index contributed by atoms with van der Waals surface area (Å²) >= 11 is 3.79. The van der Waals surface area contributed by atoms with Crippen molar-refractivity contribution in [3.63, 3.8) is 0 Å². The molecule has 104 valence electrons. The van der Waals surface area contributed by atoms with E-state index < -0.39 is 0 Å². The highest BCUT2D eigenvalue weighted by Crippen LogP contribution is 2.48. The Morgan fingerprint density at radius 2 is 2.00 bits per heavy atom. The highest BCUT2D eigenvalue weighted by atomic mass is 79.9. The summed E-state index contributed by atoms with van der Waals surface area (Å²) in [6.45, 7) is 3.21. The fraction of sp³-hybridized carbons (Fsp3) is 0.625. The van der Waals surface area contributed by atoms with Crippen LogP contribution in [0.5, 0.6) is 0 Å². The van der Waals surface area contributed by atoms with Crippen molar-refractivity contribution in [2.75, 3.05) is 26.7 Å². The lowest BCUT2D eigenvalue weighted by Crippen LogP contribution is -2.29. The van der Waals surface area contributed by atoms with Crippen LogP contribution in [0.3, 0.4) is 0 Å². The average molecular weight is 323 g/mol. The lowest BCUT2D eigenvalue weighted by atomic mass is 9.87. The number of nitrogens with two attached hydrogens (primary N) is 1. The number of hydrogen-bond donors (Lipinski definition) is 1. The summed E-state index contributed by atoms with van der Waals surface area (Å²) in [5, 5.41) is 0. The van der Waals surface area contributed by atoms with E-state index in [-0.39, 0.29) is 0 Å². The molecule has 1 aromatic rings. The topological polar surface area (TPSA) is 29.3 Å². The monoisotopic (exact) mass is 322 g/mol. The van der Waals surface area contributed by atoms with Crippen LogP contribution in [0.4, 0.5) is 0 Å². The Balaban J connectivity index is 1.80.